The van der Waals surface area contributed by atoms with Crippen molar-refractivity contribution in [1.82, 2.24) is 9.97 Å². The molecule has 1 heterocycles. The molecule has 0 aliphatic carbocycles. The Morgan fingerprint density at radius 3 is 2.48 bits per heavy atom. The van der Waals surface area contributed by atoms with Gasteiger partial charge in [0, 0.05) is 5.56 Å². The molecule has 0 radical (unpaired) electrons. The Labute approximate surface area is 146 Å². The molecular formula is C19H20N6. The van der Waals surface area contributed by atoms with Gasteiger partial charge in [-0.1, -0.05) is 49.4 Å². The second kappa shape index (κ2) is 7.44. The van der Waals surface area contributed by atoms with Gasteiger partial charge in [0.1, 0.15) is 5.69 Å². The first-order valence-corrected chi connectivity index (χ1v) is 8.03. The smallest absolute Gasteiger partial charge is 0.173 e. The molecule has 0 atom stereocenters. The van der Waals surface area contributed by atoms with Crippen LogP contribution in [0.2, 0.25) is 0 Å². The van der Waals surface area contributed by atoms with Gasteiger partial charge in [0.15, 0.2) is 11.7 Å². The van der Waals surface area contributed by atoms with Crippen molar-refractivity contribution in [2.75, 3.05) is 11.2 Å². The van der Waals surface area contributed by atoms with Crippen LogP contribution in [0.1, 0.15) is 18.2 Å². The molecule has 0 fully saturated rings. The lowest BCUT2D eigenvalue weighted by atomic mass is 10.1. The quantitative estimate of drug-likeness (QED) is 0.379. The lowest BCUT2D eigenvalue weighted by molar-refractivity contribution is 1.14. The topological polar surface area (TPSA) is 102 Å². The highest BCUT2D eigenvalue weighted by atomic mass is 15.3. The van der Waals surface area contributed by atoms with Gasteiger partial charge in [0.2, 0.25) is 0 Å². The van der Waals surface area contributed by atoms with Crippen LogP contribution in [0.4, 0.5) is 11.5 Å². The molecule has 3 rings (SSSR count). The van der Waals surface area contributed by atoms with Gasteiger partial charge < -0.3 is 11.5 Å². The molecule has 2 aromatic carbocycles. The Morgan fingerprint density at radius 2 is 1.80 bits per heavy atom. The van der Waals surface area contributed by atoms with Crippen molar-refractivity contribution in [2.45, 2.75) is 13.3 Å². The van der Waals surface area contributed by atoms with Crippen LogP contribution in [-0.4, -0.2) is 15.8 Å². The summed E-state index contributed by atoms with van der Waals surface area (Å²) in [5, 5.41) is 4.15. The minimum absolute atomic E-state index is 0.181. The van der Waals surface area contributed by atoms with Crippen LogP contribution >= 0.6 is 0 Å². The van der Waals surface area contributed by atoms with Crippen molar-refractivity contribution in [3.8, 4) is 11.3 Å². The average molecular weight is 332 g/mol. The second-order valence-electron chi connectivity index (χ2n) is 5.51. The lowest BCUT2D eigenvalue weighted by Gasteiger charge is -2.08. The van der Waals surface area contributed by atoms with E-state index in [1.165, 1.54) is 5.56 Å². The predicted molar refractivity (Wildman–Crippen MR) is 102 cm³/mol. The molecule has 0 saturated carbocycles. The number of nitrogens with zero attached hydrogens (tertiary/aromatic N) is 3. The number of benzene rings is 2. The molecule has 0 aliphatic rings. The van der Waals surface area contributed by atoms with E-state index in [2.05, 4.69) is 39.6 Å². The highest BCUT2D eigenvalue weighted by Crippen LogP contribution is 2.19. The van der Waals surface area contributed by atoms with Crippen molar-refractivity contribution in [3.63, 3.8) is 0 Å². The van der Waals surface area contributed by atoms with Gasteiger partial charge in [-0.05, 0) is 24.1 Å². The zero-order valence-electron chi connectivity index (χ0n) is 14.0. The zero-order valence-corrected chi connectivity index (χ0v) is 14.0. The van der Waals surface area contributed by atoms with Gasteiger partial charge in [-0.2, -0.15) is 5.10 Å². The zero-order chi connectivity index (χ0) is 17.6. The molecule has 5 N–H and O–H groups in total. The van der Waals surface area contributed by atoms with E-state index in [1.807, 2.05) is 42.5 Å². The van der Waals surface area contributed by atoms with Crippen LogP contribution in [0.5, 0.6) is 0 Å². The first-order valence-electron chi connectivity index (χ1n) is 8.03. The molecule has 0 spiro atoms. The number of nitrogen functional groups attached to an aromatic ring is 1. The SMILES string of the molecule is CCc1ccc(-c2cnc(N)c(/C(N)=N/Nc3ccccc3)n2)cc1. The third kappa shape index (κ3) is 3.92. The first kappa shape index (κ1) is 16.4. The normalized spacial score (nSPS) is 11.3. The Morgan fingerprint density at radius 1 is 1.08 bits per heavy atom. The first-order chi connectivity index (χ1) is 12.2. The van der Waals surface area contributed by atoms with Crippen molar-refractivity contribution < 1.29 is 0 Å². The molecule has 0 aliphatic heterocycles. The minimum Gasteiger partial charge on any atom is -0.382 e. The van der Waals surface area contributed by atoms with E-state index in [0.717, 1.165) is 17.7 Å². The van der Waals surface area contributed by atoms with Crippen LogP contribution in [0.25, 0.3) is 11.3 Å². The van der Waals surface area contributed by atoms with Crippen LogP contribution < -0.4 is 16.9 Å². The van der Waals surface area contributed by atoms with Gasteiger partial charge in [-0.3, -0.25) is 5.43 Å². The van der Waals surface area contributed by atoms with Crippen molar-refractivity contribution in [3.05, 3.63) is 72.1 Å². The standard InChI is InChI=1S/C19H20N6/c1-2-13-8-10-14(11-9-13)16-12-22-18(20)17(23-16)19(21)25-24-15-6-4-3-5-7-15/h3-12,24H,2H2,1H3,(H2,20,22)(H2,21,25). The van der Waals surface area contributed by atoms with E-state index >= 15 is 0 Å². The van der Waals surface area contributed by atoms with Crippen molar-refractivity contribution in [2.24, 2.45) is 10.8 Å². The Balaban J connectivity index is 1.87. The van der Waals surface area contributed by atoms with Gasteiger partial charge in [-0.25, -0.2) is 9.97 Å². The van der Waals surface area contributed by atoms with E-state index in [1.54, 1.807) is 6.20 Å². The number of aromatic nitrogens is 2. The third-order valence-electron chi connectivity index (χ3n) is 3.78. The fraction of sp³-hybridized carbons (Fsp3) is 0.105. The van der Waals surface area contributed by atoms with E-state index < -0.39 is 0 Å². The predicted octanol–water partition coefficient (Wildman–Crippen LogP) is 3.02. The van der Waals surface area contributed by atoms with Gasteiger partial charge in [0.05, 0.1) is 17.6 Å². The number of nitrogens with one attached hydrogen (secondary N) is 1. The molecular weight excluding hydrogens is 312 g/mol. The van der Waals surface area contributed by atoms with Crippen LogP contribution in [0.15, 0.2) is 65.9 Å². The molecule has 0 bridgehead atoms. The largest absolute Gasteiger partial charge is 0.382 e. The van der Waals surface area contributed by atoms with E-state index in [9.17, 15) is 0 Å². The number of nitrogens with two attached hydrogens (primary N) is 2. The highest BCUT2D eigenvalue weighted by molar-refractivity contribution is 6.00. The van der Waals surface area contributed by atoms with E-state index in [-0.39, 0.29) is 11.7 Å². The fourth-order valence-corrected chi connectivity index (χ4v) is 2.33. The monoisotopic (exact) mass is 332 g/mol. The highest BCUT2D eigenvalue weighted by Gasteiger charge is 2.10. The molecule has 0 saturated heterocycles. The lowest BCUT2D eigenvalue weighted by Crippen LogP contribution is -2.20. The molecule has 0 amide bonds. The van der Waals surface area contributed by atoms with Gasteiger partial charge in [-0.15, -0.1) is 0 Å². The number of hydrogen-bond acceptors (Lipinski definition) is 5. The molecule has 1 aromatic heterocycles. The number of rotatable bonds is 5. The third-order valence-corrected chi connectivity index (χ3v) is 3.78. The summed E-state index contributed by atoms with van der Waals surface area (Å²) in [6, 6.07) is 17.7. The Bertz CT molecular complexity index is 872. The van der Waals surface area contributed by atoms with Crippen LogP contribution in [0, 0.1) is 0 Å². The summed E-state index contributed by atoms with van der Waals surface area (Å²) < 4.78 is 0. The van der Waals surface area contributed by atoms with E-state index in [0.29, 0.717) is 11.4 Å². The Hall–Kier alpha value is -3.41. The van der Waals surface area contributed by atoms with Crippen LogP contribution in [0.3, 0.4) is 0 Å². The summed E-state index contributed by atoms with van der Waals surface area (Å²) in [5.41, 5.74) is 18.9. The van der Waals surface area contributed by atoms with Crippen molar-refractivity contribution in [1.29, 1.82) is 0 Å². The summed E-state index contributed by atoms with van der Waals surface area (Å²) in [6.45, 7) is 2.12. The molecule has 25 heavy (non-hydrogen) atoms. The van der Waals surface area contributed by atoms with Crippen LogP contribution in [-0.2, 0) is 6.42 Å². The molecule has 0 unspecified atom stereocenters. The molecule has 3 aromatic rings. The second-order valence-corrected chi connectivity index (χ2v) is 5.51. The molecule has 126 valence electrons. The maximum atomic E-state index is 6.04. The number of aryl methyl sites for hydroxylation is 1. The Kier molecular flexibility index (Phi) is 4.89. The van der Waals surface area contributed by atoms with Gasteiger partial charge >= 0.3 is 0 Å². The fourth-order valence-electron chi connectivity index (χ4n) is 2.33. The summed E-state index contributed by atoms with van der Waals surface area (Å²) in [6.07, 6.45) is 2.63. The number of hydrazone groups is 1. The number of para-hydroxylation sites is 1. The van der Waals surface area contributed by atoms with Crippen molar-refractivity contribution >= 4 is 17.3 Å². The maximum absolute atomic E-state index is 6.04. The number of anilines is 2. The summed E-state index contributed by atoms with van der Waals surface area (Å²) in [7, 11) is 0. The molecule has 6 nitrogen and oxygen atoms in total. The summed E-state index contributed by atoms with van der Waals surface area (Å²) >= 11 is 0. The average Bonchev–Trinajstić information content (AvgIpc) is 2.67. The summed E-state index contributed by atoms with van der Waals surface area (Å²) in [4.78, 5) is 8.73. The van der Waals surface area contributed by atoms with Gasteiger partial charge in [0.25, 0.3) is 0 Å². The maximum Gasteiger partial charge on any atom is 0.173 e. The van der Waals surface area contributed by atoms with E-state index in [4.69, 9.17) is 11.5 Å². The number of hydrogen-bond donors (Lipinski definition) is 3. The minimum atomic E-state index is 0.181. The number of amidine groups is 1. The summed E-state index contributed by atoms with van der Waals surface area (Å²) in [5.74, 6) is 0.422. The molecule has 6 heteroatoms.